The molecule has 3 heteroatoms. The van der Waals surface area contributed by atoms with Gasteiger partial charge < -0.3 is 10.5 Å². The Hall–Kier alpha value is -2.03. The third kappa shape index (κ3) is 2.16. The first-order valence-electron chi connectivity index (χ1n) is 6.22. The van der Waals surface area contributed by atoms with E-state index in [0.717, 1.165) is 35.3 Å². The van der Waals surface area contributed by atoms with Gasteiger partial charge in [0.1, 0.15) is 11.6 Å². The largest absolute Gasteiger partial charge is 0.490 e. The fourth-order valence-corrected chi connectivity index (χ4v) is 2.06. The van der Waals surface area contributed by atoms with E-state index in [-0.39, 0.29) is 0 Å². The standard InChI is InChI=1S/C15H16N2O/c1-10-7-8-17-15(16)14(10)11-3-2-4-13(9-11)18-12-5-6-12/h2-4,7-9,12H,5-6H2,1H3,(H2,16,17). The Bertz CT molecular complexity index is 556. The average molecular weight is 240 g/mol. The van der Waals surface area contributed by atoms with Crippen LogP contribution in [-0.4, -0.2) is 11.1 Å². The summed E-state index contributed by atoms with van der Waals surface area (Å²) in [5.74, 6) is 1.48. The molecule has 1 aliphatic rings. The first-order chi connectivity index (χ1) is 8.74. The zero-order chi connectivity index (χ0) is 12.5. The van der Waals surface area contributed by atoms with E-state index in [2.05, 4.69) is 4.98 Å². The summed E-state index contributed by atoms with van der Waals surface area (Å²) in [6.07, 6.45) is 4.47. The van der Waals surface area contributed by atoms with E-state index in [9.17, 15) is 0 Å². The highest BCUT2D eigenvalue weighted by atomic mass is 16.5. The first kappa shape index (κ1) is 11.1. The number of nitrogens with two attached hydrogens (primary N) is 1. The Morgan fingerprint density at radius 2 is 2.11 bits per heavy atom. The van der Waals surface area contributed by atoms with Gasteiger partial charge in [0.15, 0.2) is 0 Å². The van der Waals surface area contributed by atoms with E-state index in [1.165, 1.54) is 0 Å². The van der Waals surface area contributed by atoms with Gasteiger partial charge in [0, 0.05) is 11.8 Å². The van der Waals surface area contributed by atoms with Crippen LogP contribution in [-0.2, 0) is 0 Å². The number of aromatic nitrogens is 1. The van der Waals surface area contributed by atoms with E-state index in [1.807, 2.05) is 37.3 Å². The highest BCUT2D eigenvalue weighted by molar-refractivity contribution is 5.77. The molecule has 1 aliphatic carbocycles. The van der Waals surface area contributed by atoms with Crippen LogP contribution in [0.5, 0.6) is 5.75 Å². The van der Waals surface area contributed by atoms with Crippen LogP contribution in [0.3, 0.4) is 0 Å². The number of rotatable bonds is 3. The minimum absolute atomic E-state index is 0.410. The highest BCUT2D eigenvalue weighted by Crippen LogP contribution is 2.32. The predicted molar refractivity (Wildman–Crippen MR) is 72.5 cm³/mol. The Labute approximate surface area is 107 Å². The van der Waals surface area contributed by atoms with E-state index in [1.54, 1.807) is 6.20 Å². The molecule has 1 saturated carbocycles. The van der Waals surface area contributed by atoms with Gasteiger partial charge in [0.05, 0.1) is 6.10 Å². The molecule has 3 nitrogen and oxygen atoms in total. The molecule has 2 N–H and O–H groups in total. The molecule has 1 fully saturated rings. The van der Waals surface area contributed by atoms with Gasteiger partial charge in [-0.1, -0.05) is 12.1 Å². The second kappa shape index (κ2) is 4.33. The number of aryl methyl sites for hydroxylation is 1. The maximum absolute atomic E-state index is 5.97. The van der Waals surface area contributed by atoms with Gasteiger partial charge >= 0.3 is 0 Å². The van der Waals surface area contributed by atoms with E-state index < -0.39 is 0 Å². The number of nitrogens with zero attached hydrogens (tertiary/aromatic N) is 1. The van der Waals surface area contributed by atoms with Crippen molar-refractivity contribution in [2.75, 3.05) is 5.73 Å². The lowest BCUT2D eigenvalue weighted by molar-refractivity contribution is 0.303. The molecule has 0 radical (unpaired) electrons. The van der Waals surface area contributed by atoms with Crippen molar-refractivity contribution in [3.05, 3.63) is 42.1 Å². The fraction of sp³-hybridized carbons (Fsp3) is 0.267. The quantitative estimate of drug-likeness (QED) is 0.896. The van der Waals surface area contributed by atoms with Crippen molar-refractivity contribution >= 4 is 5.82 Å². The van der Waals surface area contributed by atoms with Crippen molar-refractivity contribution in [3.63, 3.8) is 0 Å². The lowest BCUT2D eigenvalue weighted by Gasteiger charge is -2.10. The van der Waals surface area contributed by atoms with Crippen LogP contribution in [0.2, 0.25) is 0 Å². The molecule has 0 amide bonds. The van der Waals surface area contributed by atoms with Crippen LogP contribution in [0.15, 0.2) is 36.5 Å². The van der Waals surface area contributed by atoms with Crippen molar-refractivity contribution in [3.8, 4) is 16.9 Å². The van der Waals surface area contributed by atoms with Crippen molar-refractivity contribution in [1.82, 2.24) is 4.98 Å². The SMILES string of the molecule is Cc1ccnc(N)c1-c1cccc(OC2CC2)c1. The van der Waals surface area contributed by atoms with E-state index in [4.69, 9.17) is 10.5 Å². The van der Waals surface area contributed by atoms with Crippen LogP contribution >= 0.6 is 0 Å². The summed E-state index contributed by atoms with van der Waals surface area (Å²) in [7, 11) is 0. The van der Waals surface area contributed by atoms with Crippen LogP contribution in [0.4, 0.5) is 5.82 Å². The highest BCUT2D eigenvalue weighted by Gasteiger charge is 2.23. The Balaban J connectivity index is 2.00. The van der Waals surface area contributed by atoms with E-state index in [0.29, 0.717) is 11.9 Å². The van der Waals surface area contributed by atoms with E-state index >= 15 is 0 Å². The maximum atomic E-state index is 5.97. The van der Waals surface area contributed by atoms with Crippen LogP contribution in [0.1, 0.15) is 18.4 Å². The molecular weight excluding hydrogens is 224 g/mol. The molecule has 1 heterocycles. The first-order valence-corrected chi connectivity index (χ1v) is 6.22. The number of hydrogen-bond donors (Lipinski definition) is 1. The summed E-state index contributed by atoms with van der Waals surface area (Å²) in [6, 6.07) is 10.0. The molecular formula is C15H16N2O. The molecule has 0 spiro atoms. The third-order valence-corrected chi connectivity index (χ3v) is 3.14. The number of hydrogen-bond acceptors (Lipinski definition) is 3. The molecule has 92 valence electrons. The fourth-order valence-electron chi connectivity index (χ4n) is 2.06. The summed E-state index contributed by atoms with van der Waals surface area (Å²) >= 11 is 0. The summed E-state index contributed by atoms with van der Waals surface area (Å²) in [5, 5.41) is 0. The second-order valence-corrected chi connectivity index (χ2v) is 4.73. The molecule has 0 bridgehead atoms. The Morgan fingerprint density at radius 1 is 1.28 bits per heavy atom. The van der Waals surface area contributed by atoms with Crippen molar-refractivity contribution < 1.29 is 4.74 Å². The van der Waals surface area contributed by atoms with Crippen LogP contribution in [0.25, 0.3) is 11.1 Å². The zero-order valence-electron chi connectivity index (χ0n) is 10.4. The van der Waals surface area contributed by atoms with Gasteiger partial charge in [-0.2, -0.15) is 0 Å². The van der Waals surface area contributed by atoms with Gasteiger partial charge in [-0.15, -0.1) is 0 Å². The third-order valence-electron chi connectivity index (χ3n) is 3.14. The molecule has 3 rings (SSSR count). The topological polar surface area (TPSA) is 48.1 Å². The molecule has 0 saturated heterocycles. The smallest absolute Gasteiger partial charge is 0.131 e. The second-order valence-electron chi connectivity index (χ2n) is 4.73. The predicted octanol–water partition coefficient (Wildman–Crippen LogP) is 3.18. The van der Waals surface area contributed by atoms with Crippen molar-refractivity contribution in [1.29, 1.82) is 0 Å². The summed E-state index contributed by atoms with van der Waals surface area (Å²) in [6.45, 7) is 2.04. The Morgan fingerprint density at radius 3 is 2.83 bits per heavy atom. The van der Waals surface area contributed by atoms with Gasteiger partial charge in [0.25, 0.3) is 0 Å². The molecule has 0 unspecified atom stereocenters. The van der Waals surface area contributed by atoms with Crippen molar-refractivity contribution in [2.45, 2.75) is 25.9 Å². The lowest BCUT2D eigenvalue weighted by atomic mass is 10.0. The average Bonchev–Trinajstić information content (AvgIpc) is 3.13. The number of ether oxygens (including phenoxy) is 1. The van der Waals surface area contributed by atoms with Crippen LogP contribution in [0, 0.1) is 6.92 Å². The van der Waals surface area contributed by atoms with Gasteiger partial charge in [-0.05, 0) is 49.1 Å². The number of pyridine rings is 1. The lowest BCUT2D eigenvalue weighted by Crippen LogP contribution is -1.98. The van der Waals surface area contributed by atoms with Crippen LogP contribution < -0.4 is 10.5 Å². The van der Waals surface area contributed by atoms with Gasteiger partial charge in [0.2, 0.25) is 0 Å². The normalized spacial score (nSPS) is 14.5. The molecule has 18 heavy (non-hydrogen) atoms. The zero-order valence-corrected chi connectivity index (χ0v) is 10.4. The summed E-state index contributed by atoms with van der Waals surface area (Å²) < 4.78 is 5.81. The number of benzene rings is 1. The summed E-state index contributed by atoms with van der Waals surface area (Å²) in [5.41, 5.74) is 9.16. The van der Waals surface area contributed by atoms with Crippen molar-refractivity contribution in [2.24, 2.45) is 0 Å². The van der Waals surface area contributed by atoms with Gasteiger partial charge in [-0.3, -0.25) is 0 Å². The van der Waals surface area contributed by atoms with Gasteiger partial charge in [-0.25, -0.2) is 4.98 Å². The molecule has 0 atom stereocenters. The molecule has 0 aliphatic heterocycles. The molecule has 1 aromatic heterocycles. The Kier molecular flexibility index (Phi) is 2.67. The number of nitrogen functional groups attached to an aromatic ring is 1. The maximum Gasteiger partial charge on any atom is 0.131 e. The molecule has 1 aromatic carbocycles. The minimum atomic E-state index is 0.410. The number of anilines is 1. The minimum Gasteiger partial charge on any atom is -0.490 e. The molecule has 2 aromatic rings. The monoisotopic (exact) mass is 240 g/mol. The summed E-state index contributed by atoms with van der Waals surface area (Å²) in [4.78, 5) is 4.16.